The van der Waals surface area contributed by atoms with Gasteiger partial charge in [-0.15, -0.1) is 0 Å². The van der Waals surface area contributed by atoms with Crippen LogP contribution in [0.4, 0.5) is 17.6 Å². The van der Waals surface area contributed by atoms with Crippen molar-refractivity contribution in [3.63, 3.8) is 0 Å². The zero-order valence-corrected chi connectivity index (χ0v) is 38.5. The molecule has 1 heterocycles. The largest absolute Gasteiger partial charge is 0.489 e. The van der Waals surface area contributed by atoms with Crippen LogP contribution in [0.3, 0.4) is 0 Å². The minimum Gasteiger partial charge on any atom is -0.489 e. The minimum absolute atomic E-state index is 0.00125. The van der Waals surface area contributed by atoms with Gasteiger partial charge in [-0.3, -0.25) is 9.05 Å². The van der Waals surface area contributed by atoms with Crippen LogP contribution >= 0.6 is 54.2 Å². The summed E-state index contributed by atoms with van der Waals surface area (Å²) in [5.41, 5.74) is 1.10. The highest BCUT2D eigenvalue weighted by atomic mass is 35.5. The quantitative estimate of drug-likeness (QED) is 0.0436. The summed E-state index contributed by atoms with van der Waals surface area (Å²) in [5.74, 6) is -4.21. The van der Waals surface area contributed by atoms with E-state index < -0.39 is 56.4 Å². The van der Waals surface area contributed by atoms with Crippen LogP contribution in [-0.2, 0) is 59.0 Å². The standard InChI is InChI=1S/C24H24Cl2F2O7.C18H19Cl2F2O6P/c1-3-31-20-15(25)7-13(9-17(20)27)11-33-22-19(5-6-29)35-24(30)23(22)34-12-14-8-16(26)21(32-4-2)18(28)10-14;1-3-25-17-13(19)5-11(7-15(17)21)9-27-29(23,24)28-10-12-6-14(20)18(26-4-2)16(22)8-12/h7-10,19,29H,3-6,11-12H2,1-2H3;5-8H,3-4,9-10H2,1-2H3,(H,23,24). The molecule has 0 aliphatic carbocycles. The number of hydrogen-bond donors (Lipinski definition) is 2. The van der Waals surface area contributed by atoms with E-state index in [1.165, 1.54) is 36.4 Å². The Balaban J connectivity index is 0.000000286. The van der Waals surface area contributed by atoms with Gasteiger partial charge in [0.05, 0.1) is 59.7 Å². The van der Waals surface area contributed by atoms with Gasteiger partial charge < -0.3 is 43.2 Å². The lowest BCUT2D eigenvalue weighted by Crippen LogP contribution is -2.15. The molecule has 0 spiro atoms. The maximum atomic E-state index is 14.3. The number of esters is 1. The van der Waals surface area contributed by atoms with Crippen LogP contribution in [0.15, 0.2) is 60.0 Å². The van der Waals surface area contributed by atoms with Gasteiger partial charge in [0, 0.05) is 13.0 Å². The summed E-state index contributed by atoms with van der Waals surface area (Å²) in [6.07, 6.45) is -0.860. The fourth-order valence-electron chi connectivity index (χ4n) is 5.66. The highest BCUT2D eigenvalue weighted by Gasteiger charge is 2.38. The van der Waals surface area contributed by atoms with E-state index in [0.29, 0.717) is 11.1 Å². The van der Waals surface area contributed by atoms with E-state index in [9.17, 15) is 36.9 Å². The van der Waals surface area contributed by atoms with Crippen molar-refractivity contribution in [1.82, 2.24) is 0 Å². The summed E-state index contributed by atoms with van der Waals surface area (Å²) in [5, 5.41) is 9.45. The van der Waals surface area contributed by atoms with Gasteiger partial charge in [0.15, 0.2) is 58.1 Å². The van der Waals surface area contributed by atoms with Crippen LogP contribution in [0.2, 0.25) is 20.1 Å². The molecule has 2 N–H and O–H groups in total. The molecule has 0 saturated heterocycles. The maximum absolute atomic E-state index is 14.3. The monoisotopic (exact) mass is 1000 g/mol. The molecule has 13 nitrogen and oxygen atoms in total. The van der Waals surface area contributed by atoms with Crippen molar-refractivity contribution in [1.29, 1.82) is 0 Å². The second-order valence-corrected chi connectivity index (χ2v) is 16.1. The summed E-state index contributed by atoms with van der Waals surface area (Å²) in [7, 11) is -4.53. The SMILES string of the molecule is CCOc1c(F)cc(COC2=C(OCc3cc(F)c(OCC)c(Cl)c3)C(CCO)OC2=O)cc1Cl.CCOc1c(F)cc(COP(=O)(O)OCc2cc(F)c(OCC)c(Cl)c2)cc1Cl. The molecule has 4 aromatic carbocycles. The van der Waals surface area contributed by atoms with Crippen molar-refractivity contribution in [3.8, 4) is 23.0 Å². The van der Waals surface area contributed by atoms with Crippen LogP contribution in [0.1, 0.15) is 56.4 Å². The van der Waals surface area contributed by atoms with Gasteiger partial charge in [0.1, 0.15) is 13.2 Å². The minimum atomic E-state index is -4.53. The lowest BCUT2D eigenvalue weighted by molar-refractivity contribution is -0.143. The first kappa shape index (κ1) is 52.5. The number of benzene rings is 4. The molecule has 0 fully saturated rings. The first-order chi connectivity index (χ1) is 30.4. The smallest absolute Gasteiger partial charge is 0.472 e. The molecule has 1 atom stereocenters. The van der Waals surface area contributed by atoms with E-state index in [1.807, 2.05) is 0 Å². The van der Waals surface area contributed by atoms with Crippen molar-refractivity contribution in [2.24, 2.45) is 0 Å². The molecule has 1 aliphatic rings. The predicted molar refractivity (Wildman–Crippen MR) is 228 cm³/mol. The topological polar surface area (TPSA) is 158 Å². The number of carbonyl (C=O) groups is 1. The average molecular weight is 1000 g/mol. The molecule has 0 bridgehead atoms. The molecular formula is C42H43Cl4F4O13P. The molecule has 0 saturated carbocycles. The number of aliphatic hydroxyl groups is 1. The molecule has 1 unspecified atom stereocenters. The van der Waals surface area contributed by atoms with Crippen molar-refractivity contribution in [2.75, 3.05) is 33.0 Å². The third-order valence-electron chi connectivity index (χ3n) is 8.30. The van der Waals surface area contributed by atoms with Crippen molar-refractivity contribution >= 4 is 60.2 Å². The molecule has 350 valence electrons. The molecule has 22 heteroatoms. The summed E-state index contributed by atoms with van der Waals surface area (Å²) in [6.45, 7) is 6.10. The Hall–Kier alpha value is -4.16. The molecule has 0 amide bonds. The second kappa shape index (κ2) is 24.9. The summed E-state index contributed by atoms with van der Waals surface area (Å²) < 4.78 is 115. The van der Waals surface area contributed by atoms with Crippen LogP contribution < -0.4 is 18.9 Å². The van der Waals surface area contributed by atoms with Gasteiger partial charge >= 0.3 is 13.8 Å². The Bertz CT molecular complexity index is 2180. The molecule has 0 radical (unpaired) electrons. The Labute approximate surface area is 386 Å². The second-order valence-electron chi connectivity index (χ2n) is 13.0. The number of phosphoric ester groups is 1. The lowest BCUT2D eigenvalue weighted by atomic mass is 10.2. The van der Waals surface area contributed by atoms with Crippen molar-refractivity contribution in [2.45, 2.75) is 66.6 Å². The summed E-state index contributed by atoms with van der Waals surface area (Å²) in [4.78, 5) is 22.2. The number of phosphoric acid groups is 1. The fourth-order valence-corrected chi connectivity index (χ4v) is 7.50. The van der Waals surface area contributed by atoms with Gasteiger partial charge in [0.2, 0.25) is 5.76 Å². The van der Waals surface area contributed by atoms with Gasteiger partial charge in [0.25, 0.3) is 0 Å². The van der Waals surface area contributed by atoms with E-state index in [-0.39, 0.29) is 118 Å². The molecular weight excluding hydrogens is 961 g/mol. The Morgan fingerprint density at radius 3 is 1.20 bits per heavy atom. The van der Waals surface area contributed by atoms with Gasteiger partial charge in [-0.2, -0.15) is 0 Å². The molecule has 1 aliphatic heterocycles. The van der Waals surface area contributed by atoms with E-state index in [0.717, 1.165) is 12.1 Å². The van der Waals surface area contributed by atoms with E-state index in [1.54, 1.807) is 27.7 Å². The van der Waals surface area contributed by atoms with Crippen LogP contribution in [0, 0.1) is 23.3 Å². The van der Waals surface area contributed by atoms with Crippen LogP contribution in [0.25, 0.3) is 0 Å². The number of ether oxygens (including phenoxy) is 7. The zero-order valence-electron chi connectivity index (χ0n) is 34.6. The van der Waals surface area contributed by atoms with Crippen LogP contribution in [-0.4, -0.2) is 55.1 Å². The maximum Gasteiger partial charge on any atom is 0.472 e. The third-order valence-corrected chi connectivity index (χ3v) is 10.3. The summed E-state index contributed by atoms with van der Waals surface area (Å²) in [6, 6.07) is 10.1. The van der Waals surface area contributed by atoms with Crippen molar-refractivity contribution < 1.29 is 79.1 Å². The number of aliphatic hydroxyl groups excluding tert-OH is 1. The highest BCUT2D eigenvalue weighted by Crippen LogP contribution is 2.46. The predicted octanol–water partition coefficient (Wildman–Crippen LogP) is 11.2. The zero-order chi connectivity index (χ0) is 47.1. The van der Waals surface area contributed by atoms with Crippen LogP contribution in [0.5, 0.6) is 23.0 Å². The number of carbonyl (C=O) groups excluding carboxylic acids is 1. The van der Waals surface area contributed by atoms with Crippen molar-refractivity contribution in [3.05, 3.63) is 126 Å². The van der Waals surface area contributed by atoms with E-state index in [4.69, 9.17) is 88.6 Å². The van der Waals surface area contributed by atoms with E-state index in [2.05, 4.69) is 0 Å². The van der Waals surface area contributed by atoms with Gasteiger partial charge in [-0.25, -0.2) is 26.9 Å². The number of hydrogen-bond acceptors (Lipinski definition) is 12. The number of rotatable bonds is 22. The lowest BCUT2D eigenvalue weighted by Gasteiger charge is -2.15. The molecule has 0 aromatic heterocycles. The molecule has 4 aromatic rings. The molecule has 64 heavy (non-hydrogen) atoms. The van der Waals surface area contributed by atoms with E-state index >= 15 is 0 Å². The highest BCUT2D eigenvalue weighted by molar-refractivity contribution is 7.47. The van der Waals surface area contributed by atoms with Gasteiger partial charge in [-0.1, -0.05) is 46.4 Å². The first-order valence-corrected chi connectivity index (χ1v) is 22.3. The number of halogens is 8. The third kappa shape index (κ3) is 14.7. The molecule has 5 rings (SSSR count). The Morgan fingerprint density at radius 1 is 0.562 bits per heavy atom. The van der Waals surface area contributed by atoms with Gasteiger partial charge in [-0.05, 0) is 98.5 Å². The number of cyclic esters (lactones) is 1. The normalized spacial score (nSPS) is 13.6. The average Bonchev–Trinajstić information content (AvgIpc) is 3.53. The fraction of sp³-hybridized carbons (Fsp3) is 0.357. The Kier molecular flexibility index (Phi) is 20.4. The summed E-state index contributed by atoms with van der Waals surface area (Å²) >= 11 is 24.0. The Morgan fingerprint density at radius 2 is 0.891 bits per heavy atom. The first-order valence-electron chi connectivity index (χ1n) is 19.3.